The maximum absolute atomic E-state index is 4.57. The number of pyridine rings is 2. The van der Waals surface area contributed by atoms with Crippen LogP contribution in [0, 0.1) is 6.92 Å². The van der Waals surface area contributed by atoms with Gasteiger partial charge in [-0.1, -0.05) is 18.2 Å². The molecule has 0 saturated heterocycles. The van der Waals surface area contributed by atoms with Crippen molar-refractivity contribution in [1.29, 1.82) is 0 Å². The molecule has 0 aliphatic rings. The summed E-state index contributed by atoms with van der Waals surface area (Å²) < 4.78 is 0. The number of aromatic nitrogens is 2. The van der Waals surface area contributed by atoms with Crippen LogP contribution in [0.15, 0.2) is 54.9 Å². The van der Waals surface area contributed by atoms with Crippen molar-refractivity contribution >= 4 is 16.6 Å². The van der Waals surface area contributed by atoms with E-state index in [0.29, 0.717) is 0 Å². The molecule has 20 heavy (non-hydrogen) atoms. The molecule has 1 atom stereocenters. The lowest BCUT2D eigenvalue weighted by Gasteiger charge is -2.17. The maximum atomic E-state index is 4.57. The van der Waals surface area contributed by atoms with Gasteiger partial charge in [-0.2, -0.15) is 0 Å². The molecule has 3 aromatic rings. The van der Waals surface area contributed by atoms with E-state index in [-0.39, 0.29) is 6.04 Å². The normalized spacial score (nSPS) is 12.3. The molecule has 3 nitrogen and oxygen atoms in total. The van der Waals surface area contributed by atoms with E-state index in [1.807, 2.05) is 49.6 Å². The van der Waals surface area contributed by atoms with Crippen LogP contribution < -0.4 is 5.32 Å². The quantitative estimate of drug-likeness (QED) is 0.772. The van der Waals surface area contributed by atoms with Crippen LogP contribution in [-0.2, 0) is 0 Å². The van der Waals surface area contributed by atoms with Crippen LogP contribution in [0.5, 0.6) is 0 Å². The van der Waals surface area contributed by atoms with Gasteiger partial charge in [-0.05, 0) is 43.7 Å². The smallest absolute Gasteiger partial charge is 0.0725 e. The van der Waals surface area contributed by atoms with Gasteiger partial charge >= 0.3 is 0 Å². The van der Waals surface area contributed by atoms with E-state index in [1.165, 1.54) is 5.56 Å². The molecule has 1 aromatic carbocycles. The van der Waals surface area contributed by atoms with Crippen molar-refractivity contribution in [3.05, 3.63) is 66.1 Å². The first-order valence-electron chi connectivity index (χ1n) is 6.77. The Morgan fingerprint density at radius 1 is 1.05 bits per heavy atom. The molecule has 2 heterocycles. The van der Waals surface area contributed by atoms with Crippen LogP contribution in [0.1, 0.15) is 24.2 Å². The van der Waals surface area contributed by atoms with Crippen molar-refractivity contribution in [1.82, 2.24) is 9.97 Å². The van der Waals surface area contributed by atoms with Gasteiger partial charge in [0, 0.05) is 35.2 Å². The van der Waals surface area contributed by atoms with Crippen molar-refractivity contribution in [2.24, 2.45) is 0 Å². The molecular weight excluding hydrogens is 246 g/mol. The Morgan fingerprint density at radius 3 is 2.60 bits per heavy atom. The number of rotatable bonds is 3. The van der Waals surface area contributed by atoms with Gasteiger partial charge in [-0.25, -0.2) is 0 Å². The van der Waals surface area contributed by atoms with E-state index in [1.54, 1.807) is 0 Å². The second-order valence-corrected chi connectivity index (χ2v) is 4.97. The summed E-state index contributed by atoms with van der Waals surface area (Å²) in [6, 6.07) is 14.6. The average Bonchev–Trinajstić information content (AvgIpc) is 2.48. The number of anilines is 1. The summed E-state index contributed by atoms with van der Waals surface area (Å²) in [6.07, 6.45) is 3.65. The molecule has 2 aromatic heterocycles. The van der Waals surface area contributed by atoms with Gasteiger partial charge in [0.05, 0.1) is 5.52 Å². The van der Waals surface area contributed by atoms with E-state index in [9.17, 15) is 0 Å². The van der Waals surface area contributed by atoms with E-state index in [0.717, 1.165) is 22.3 Å². The van der Waals surface area contributed by atoms with Gasteiger partial charge in [0.25, 0.3) is 0 Å². The van der Waals surface area contributed by atoms with E-state index in [4.69, 9.17) is 0 Å². The van der Waals surface area contributed by atoms with Gasteiger partial charge in [-0.15, -0.1) is 0 Å². The molecule has 0 fully saturated rings. The fourth-order valence-corrected chi connectivity index (χ4v) is 2.40. The van der Waals surface area contributed by atoms with Gasteiger partial charge in [0.2, 0.25) is 0 Å². The highest BCUT2D eigenvalue weighted by atomic mass is 14.9. The number of hydrogen-bond acceptors (Lipinski definition) is 3. The Balaban J connectivity index is 1.98. The summed E-state index contributed by atoms with van der Waals surface area (Å²) in [4.78, 5) is 8.63. The predicted molar refractivity (Wildman–Crippen MR) is 82.8 cm³/mol. The lowest BCUT2D eigenvalue weighted by Crippen LogP contribution is -2.07. The molecule has 3 heteroatoms. The number of nitrogens with zero attached hydrogens (tertiary/aromatic N) is 2. The highest BCUT2D eigenvalue weighted by Gasteiger charge is 2.08. The fraction of sp³-hybridized carbons (Fsp3) is 0.176. The van der Waals surface area contributed by atoms with Crippen molar-refractivity contribution in [2.45, 2.75) is 19.9 Å². The van der Waals surface area contributed by atoms with Gasteiger partial charge in [-0.3, -0.25) is 9.97 Å². The van der Waals surface area contributed by atoms with Crippen LogP contribution in [0.25, 0.3) is 10.9 Å². The predicted octanol–water partition coefficient (Wildman–Crippen LogP) is 4.11. The molecule has 0 radical (unpaired) electrons. The molecule has 3 rings (SSSR count). The first-order chi connectivity index (χ1) is 9.74. The van der Waals surface area contributed by atoms with Crippen LogP contribution in [0.2, 0.25) is 0 Å². The number of benzene rings is 1. The standard InChI is InChI=1S/C17H17N3/c1-12-11-17(15-5-3-4-6-16(15)19-12)20-13(2)14-7-9-18-10-8-14/h3-11,13H,1-2H3,(H,19,20). The third-order valence-electron chi connectivity index (χ3n) is 3.42. The van der Waals surface area contributed by atoms with E-state index >= 15 is 0 Å². The molecule has 0 aliphatic carbocycles. The van der Waals surface area contributed by atoms with E-state index < -0.39 is 0 Å². The fourth-order valence-electron chi connectivity index (χ4n) is 2.40. The van der Waals surface area contributed by atoms with Crippen molar-refractivity contribution < 1.29 is 0 Å². The number of para-hydroxylation sites is 1. The zero-order chi connectivity index (χ0) is 13.9. The van der Waals surface area contributed by atoms with Gasteiger partial charge in [0.1, 0.15) is 0 Å². The van der Waals surface area contributed by atoms with Gasteiger partial charge in [0.15, 0.2) is 0 Å². The Morgan fingerprint density at radius 2 is 1.80 bits per heavy atom. The summed E-state index contributed by atoms with van der Waals surface area (Å²) in [7, 11) is 0. The molecule has 0 bridgehead atoms. The summed E-state index contributed by atoms with van der Waals surface area (Å²) in [5.74, 6) is 0. The number of aryl methyl sites for hydroxylation is 1. The van der Waals surface area contributed by atoms with Crippen LogP contribution in [0.3, 0.4) is 0 Å². The largest absolute Gasteiger partial charge is 0.378 e. The third kappa shape index (κ3) is 2.48. The zero-order valence-corrected chi connectivity index (χ0v) is 11.7. The first kappa shape index (κ1) is 12.6. The summed E-state index contributed by atoms with van der Waals surface area (Å²) >= 11 is 0. The van der Waals surface area contributed by atoms with Crippen molar-refractivity contribution in [2.75, 3.05) is 5.32 Å². The minimum Gasteiger partial charge on any atom is -0.378 e. The second kappa shape index (κ2) is 5.29. The number of hydrogen-bond donors (Lipinski definition) is 1. The average molecular weight is 263 g/mol. The van der Waals surface area contributed by atoms with Crippen LogP contribution in [0.4, 0.5) is 5.69 Å². The topological polar surface area (TPSA) is 37.8 Å². The molecule has 100 valence electrons. The Labute approximate surface area is 118 Å². The summed E-state index contributed by atoms with van der Waals surface area (Å²) in [5, 5.41) is 4.73. The molecule has 0 aliphatic heterocycles. The molecule has 0 spiro atoms. The van der Waals surface area contributed by atoms with Gasteiger partial charge < -0.3 is 5.32 Å². The SMILES string of the molecule is Cc1cc(NC(C)c2ccncc2)c2ccccc2n1. The van der Waals surface area contributed by atoms with Crippen LogP contribution >= 0.6 is 0 Å². The summed E-state index contributed by atoms with van der Waals surface area (Å²) in [5.41, 5.74) is 4.39. The molecule has 0 amide bonds. The molecule has 0 saturated carbocycles. The highest BCUT2D eigenvalue weighted by molar-refractivity contribution is 5.91. The maximum Gasteiger partial charge on any atom is 0.0725 e. The minimum absolute atomic E-state index is 0.225. The lowest BCUT2D eigenvalue weighted by atomic mass is 10.1. The monoisotopic (exact) mass is 263 g/mol. The highest BCUT2D eigenvalue weighted by Crippen LogP contribution is 2.26. The van der Waals surface area contributed by atoms with E-state index in [2.05, 4.69) is 34.3 Å². The zero-order valence-electron chi connectivity index (χ0n) is 11.7. The Bertz CT molecular complexity index is 723. The lowest BCUT2D eigenvalue weighted by molar-refractivity contribution is 0.882. The Kier molecular flexibility index (Phi) is 3.33. The number of fused-ring (bicyclic) bond motifs is 1. The minimum atomic E-state index is 0.225. The third-order valence-corrected chi connectivity index (χ3v) is 3.42. The second-order valence-electron chi connectivity index (χ2n) is 4.97. The van der Waals surface area contributed by atoms with Crippen molar-refractivity contribution in [3.8, 4) is 0 Å². The molecular formula is C17H17N3. The summed E-state index contributed by atoms with van der Waals surface area (Å²) in [6.45, 7) is 4.18. The van der Waals surface area contributed by atoms with Crippen LogP contribution in [-0.4, -0.2) is 9.97 Å². The Hall–Kier alpha value is -2.42. The number of nitrogens with one attached hydrogen (secondary N) is 1. The molecule has 1 N–H and O–H groups in total. The first-order valence-corrected chi connectivity index (χ1v) is 6.77. The van der Waals surface area contributed by atoms with Crippen molar-refractivity contribution in [3.63, 3.8) is 0 Å². The molecule has 1 unspecified atom stereocenters.